The Bertz CT molecular complexity index is 329. The van der Waals surface area contributed by atoms with Crippen LogP contribution < -0.4 is 0 Å². The second-order valence-electron chi connectivity index (χ2n) is 10.1. The molecule has 0 unspecified atom stereocenters. The van der Waals surface area contributed by atoms with E-state index in [0.717, 1.165) is 13.2 Å². The van der Waals surface area contributed by atoms with Crippen LogP contribution >= 0.6 is 0 Å². The van der Waals surface area contributed by atoms with E-state index >= 15 is 0 Å². The highest BCUT2D eigenvalue weighted by molar-refractivity contribution is 6.77. The highest BCUT2D eigenvalue weighted by Crippen LogP contribution is 2.41. The first kappa shape index (κ1) is 28.4. The van der Waals surface area contributed by atoms with Crippen molar-refractivity contribution in [2.75, 3.05) is 13.2 Å². The summed E-state index contributed by atoms with van der Waals surface area (Å²) >= 11 is 0. The van der Waals surface area contributed by atoms with Gasteiger partial charge in [-0.2, -0.15) is 0 Å². The molecule has 0 spiro atoms. The standard InChI is InChI=1S/C24H54O2Si2/c1-11-13-17-25-27(21(3)4,22(5)6)19-15-16-20-28(23(7)8,24(9)10)26-18-14-12-2/h21-24H,11-20H2,1-10H3. The van der Waals surface area contributed by atoms with Crippen molar-refractivity contribution in [2.24, 2.45) is 0 Å². The summed E-state index contributed by atoms with van der Waals surface area (Å²) in [6.07, 6.45) is 7.51. The Kier molecular flexibility index (Phi) is 14.6. The van der Waals surface area contributed by atoms with Gasteiger partial charge < -0.3 is 8.85 Å². The molecule has 0 bridgehead atoms. The van der Waals surface area contributed by atoms with Crippen LogP contribution in [0, 0.1) is 0 Å². The number of rotatable bonds is 17. The monoisotopic (exact) mass is 430 g/mol. The van der Waals surface area contributed by atoms with Crippen LogP contribution in [0.15, 0.2) is 0 Å². The van der Waals surface area contributed by atoms with Crippen LogP contribution in [-0.2, 0) is 8.85 Å². The molecule has 0 saturated heterocycles. The summed E-state index contributed by atoms with van der Waals surface area (Å²) in [5, 5.41) is 0. The first-order valence-electron chi connectivity index (χ1n) is 12.4. The Morgan fingerprint density at radius 3 is 1.00 bits per heavy atom. The fourth-order valence-electron chi connectivity index (χ4n) is 4.91. The lowest BCUT2D eigenvalue weighted by Gasteiger charge is -2.41. The van der Waals surface area contributed by atoms with E-state index < -0.39 is 16.6 Å². The molecule has 0 aliphatic carbocycles. The van der Waals surface area contributed by atoms with Crippen LogP contribution in [0.2, 0.25) is 34.3 Å². The first-order valence-corrected chi connectivity index (χ1v) is 16.9. The SMILES string of the molecule is CCCCO[Si](CCCC[Si](OCCCC)(C(C)C)C(C)C)(C(C)C)C(C)C. The Morgan fingerprint density at radius 2 is 0.786 bits per heavy atom. The molecule has 170 valence electrons. The molecule has 0 aliphatic rings. The van der Waals surface area contributed by atoms with Gasteiger partial charge in [-0.05, 0) is 47.1 Å². The van der Waals surface area contributed by atoms with Crippen molar-refractivity contribution < 1.29 is 8.85 Å². The zero-order valence-corrected chi connectivity index (χ0v) is 23.2. The summed E-state index contributed by atoms with van der Waals surface area (Å²) < 4.78 is 13.4. The van der Waals surface area contributed by atoms with Gasteiger partial charge in [0.2, 0.25) is 0 Å². The topological polar surface area (TPSA) is 18.5 Å². The lowest BCUT2D eigenvalue weighted by molar-refractivity contribution is 0.273. The predicted octanol–water partition coefficient (Wildman–Crippen LogP) is 8.93. The van der Waals surface area contributed by atoms with Crippen LogP contribution in [0.1, 0.15) is 108 Å². The van der Waals surface area contributed by atoms with Crippen LogP contribution in [0.4, 0.5) is 0 Å². The highest BCUT2D eigenvalue weighted by atomic mass is 28.4. The number of hydrogen-bond donors (Lipinski definition) is 0. The molecular formula is C24H54O2Si2. The largest absolute Gasteiger partial charge is 0.416 e. The van der Waals surface area contributed by atoms with Crippen molar-refractivity contribution in [3.63, 3.8) is 0 Å². The van der Waals surface area contributed by atoms with Gasteiger partial charge in [0, 0.05) is 13.2 Å². The van der Waals surface area contributed by atoms with E-state index in [1.807, 2.05) is 0 Å². The number of unbranched alkanes of at least 4 members (excludes halogenated alkanes) is 3. The second-order valence-corrected chi connectivity index (χ2v) is 20.2. The third-order valence-electron chi connectivity index (χ3n) is 7.03. The average molecular weight is 431 g/mol. The fraction of sp³-hybridized carbons (Fsp3) is 1.00. The minimum absolute atomic E-state index is 0.697. The van der Waals surface area contributed by atoms with E-state index in [-0.39, 0.29) is 0 Å². The lowest BCUT2D eigenvalue weighted by Crippen LogP contribution is -2.46. The summed E-state index contributed by atoms with van der Waals surface area (Å²) in [7, 11) is -3.39. The van der Waals surface area contributed by atoms with Crippen molar-refractivity contribution in [3.05, 3.63) is 0 Å². The molecule has 28 heavy (non-hydrogen) atoms. The van der Waals surface area contributed by atoms with E-state index in [2.05, 4.69) is 69.2 Å². The molecule has 4 heteroatoms. The van der Waals surface area contributed by atoms with Gasteiger partial charge in [0.05, 0.1) is 0 Å². The van der Waals surface area contributed by atoms with E-state index in [4.69, 9.17) is 8.85 Å². The predicted molar refractivity (Wildman–Crippen MR) is 132 cm³/mol. The van der Waals surface area contributed by atoms with Gasteiger partial charge in [-0.15, -0.1) is 0 Å². The Balaban J connectivity index is 5.03. The summed E-state index contributed by atoms with van der Waals surface area (Å²) in [6, 6.07) is 2.64. The molecule has 0 aromatic rings. The Labute approximate surface area is 180 Å². The molecule has 0 heterocycles. The summed E-state index contributed by atoms with van der Waals surface area (Å²) in [4.78, 5) is 0. The molecule has 0 aromatic carbocycles. The van der Waals surface area contributed by atoms with Gasteiger partial charge in [-0.1, -0.05) is 94.9 Å². The third kappa shape index (κ3) is 8.24. The maximum atomic E-state index is 6.72. The smallest absolute Gasteiger partial charge is 0.197 e. The zero-order chi connectivity index (χ0) is 21.8. The molecule has 0 aliphatic heterocycles. The Hall–Kier alpha value is 0.354. The number of hydrogen-bond acceptors (Lipinski definition) is 2. The molecule has 2 nitrogen and oxygen atoms in total. The van der Waals surface area contributed by atoms with Crippen LogP contribution in [-0.4, -0.2) is 29.8 Å². The van der Waals surface area contributed by atoms with E-state index in [1.54, 1.807) is 0 Å². The molecule has 0 aromatic heterocycles. The van der Waals surface area contributed by atoms with Crippen molar-refractivity contribution in [3.8, 4) is 0 Å². The average Bonchev–Trinajstić information content (AvgIpc) is 2.61. The molecular weight excluding hydrogens is 376 g/mol. The third-order valence-corrected chi connectivity index (χ3v) is 18.6. The van der Waals surface area contributed by atoms with Crippen molar-refractivity contribution in [2.45, 2.75) is 142 Å². The van der Waals surface area contributed by atoms with Crippen LogP contribution in [0.3, 0.4) is 0 Å². The zero-order valence-electron chi connectivity index (χ0n) is 21.2. The fourth-order valence-corrected chi connectivity index (χ4v) is 14.2. The van der Waals surface area contributed by atoms with Gasteiger partial charge in [0.25, 0.3) is 0 Å². The van der Waals surface area contributed by atoms with Gasteiger partial charge in [-0.25, -0.2) is 0 Å². The maximum Gasteiger partial charge on any atom is 0.197 e. The maximum absolute atomic E-state index is 6.72. The van der Waals surface area contributed by atoms with Crippen molar-refractivity contribution in [1.29, 1.82) is 0 Å². The van der Waals surface area contributed by atoms with Gasteiger partial charge >= 0.3 is 0 Å². The summed E-state index contributed by atoms with van der Waals surface area (Å²) in [5.74, 6) is 0. The van der Waals surface area contributed by atoms with Gasteiger partial charge in [0.15, 0.2) is 16.6 Å². The first-order chi connectivity index (χ1) is 13.1. The van der Waals surface area contributed by atoms with Crippen LogP contribution in [0.5, 0.6) is 0 Å². The van der Waals surface area contributed by atoms with Gasteiger partial charge in [-0.3, -0.25) is 0 Å². The van der Waals surface area contributed by atoms with Crippen LogP contribution in [0.25, 0.3) is 0 Å². The molecule has 0 rings (SSSR count). The molecule has 0 amide bonds. The van der Waals surface area contributed by atoms with E-state index in [0.29, 0.717) is 22.2 Å². The van der Waals surface area contributed by atoms with E-state index in [9.17, 15) is 0 Å². The molecule has 0 N–H and O–H groups in total. The van der Waals surface area contributed by atoms with Crippen molar-refractivity contribution in [1.82, 2.24) is 0 Å². The Morgan fingerprint density at radius 1 is 0.500 bits per heavy atom. The highest BCUT2D eigenvalue weighted by Gasteiger charge is 2.43. The summed E-state index contributed by atoms with van der Waals surface area (Å²) in [6.45, 7) is 25.7. The minimum atomic E-state index is -1.69. The van der Waals surface area contributed by atoms with Gasteiger partial charge in [0.1, 0.15) is 0 Å². The van der Waals surface area contributed by atoms with E-state index in [1.165, 1.54) is 50.6 Å². The molecule has 0 saturated carbocycles. The normalized spacial score (nSPS) is 13.5. The lowest BCUT2D eigenvalue weighted by atomic mass is 10.4. The minimum Gasteiger partial charge on any atom is -0.416 e. The molecule has 0 atom stereocenters. The quantitative estimate of drug-likeness (QED) is 0.169. The molecule has 0 radical (unpaired) electrons. The molecule has 0 fully saturated rings. The summed E-state index contributed by atoms with van der Waals surface area (Å²) in [5.41, 5.74) is 2.79. The second kappa shape index (κ2) is 14.4. The van der Waals surface area contributed by atoms with Crippen molar-refractivity contribution >= 4 is 16.6 Å².